The lowest BCUT2D eigenvalue weighted by Gasteiger charge is -2.09. The summed E-state index contributed by atoms with van der Waals surface area (Å²) in [6.07, 6.45) is 0.195. The molecule has 0 radical (unpaired) electrons. The molecule has 0 spiro atoms. The second kappa shape index (κ2) is 5.51. The van der Waals surface area contributed by atoms with E-state index in [4.69, 9.17) is 16.7 Å². The van der Waals surface area contributed by atoms with E-state index in [0.717, 1.165) is 5.56 Å². The van der Waals surface area contributed by atoms with E-state index in [1.807, 2.05) is 30.3 Å². The first-order chi connectivity index (χ1) is 7.09. The highest BCUT2D eigenvalue weighted by atomic mass is 35.5. The zero-order chi connectivity index (χ0) is 11.3. The van der Waals surface area contributed by atoms with E-state index in [-0.39, 0.29) is 6.42 Å². The number of hydrogen-bond acceptors (Lipinski definition) is 2. The van der Waals surface area contributed by atoms with Gasteiger partial charge in [-0.1, -0.05) is 30.3 Å². The average Bonchev–Trinajstić information content (AvgIpc) is 2.17. The molecule has 1 atom stereocenters. The summed E-state index contributed by atoms with van der Waals surface area (Å²) in [6, 6.07) is 9.17. The first kappa shape index (κ1) is 11.7. The molecule has 1 unspecified atom stereocenters. The third-order valence-corrected chi connectivity index (χ3v) is 2.24. The van der Waals surface area contributed by atoms with Crippen LogP contribution in [0.1, 0.15) is 12.0 Å². The van der Waals surface area contributed by atoms with Crippen molar-refractivity contribution in [1.82, 2.24) is 0 Å². The molecule has 15 heavy (non-hydrogen) atoms. The van der Waals surface area contributed by atoms with Gasteiger partial charge in [0.25, 0.3) is 0 Å². The predicted octanol–water partition coefficient (Wildman–Crippen LogP) is 2.09. The minimum absolute atomic E-state index is 0.133. The Labute approximate surface area is 92.7 Å². The molecule has 1 N–H and O–H groups in total. The highest BCUT2D eigenvalue weighted by molar-refractivity contribution is 6.63. The second-order valence-electron chi connectivity index (χ2n) is 3.28. The van der Waals surface area contributed by atoms with Crippen molar-refractivity contribution in [3.63, 3.8) is 0 Å². The number of carboxylic acids is 1. The van der Waals surface area contributed by atoms with Gasteiger partial charge in [-0.25, -0.2) is 0 Å². The molecule has 3 nitrogen and oxygen atoms in total. The maximum absolute atomic E-state index is 10.8. The van der Waals surface area contributed by atoms with Crippen molar-refractivity contribution < 1.29 is 14.7 Å². The zero-order valence-electron chi connectivity index (χ0n) is 8.02. The van der Waals surface area contributed by atoms with E-state index in [1.165, 1.54) is 0 Å². The van der Waals surface area contributed by atoms with Gasteiger partial charge in [0.05, 0.1) is 5.92 Å². The molecule has 0 fully saturated rings. The van der Waals surface area contributed by atoms with Crippen LogP contribution in [0.4, 0.5) is 0 Å². The lowest BCUT2D eigenvalue weighted by atomic mass is 9.97. The molecule has 80 valence electrons. The topological polar surface area (TPSA) is 54.4 Å². The van der Waals surface area contributed by atoms with Crippen LogP contribution in [0.15, 0.2) is 30.3 Å². The maximum Gasteiger partial charge on any atom is 0.307 e. The quantitative estimate of drug-likeness (QED) is 0.783. The lowest BCUT2D eigenvalue weighted by Crippen LogP contribution is -2.18. The summed E-state index contributed by atoms with van der Waals surface area (Å²) >= 11 is 5.18. The summed E-state index contributed by atoms with van der Waals surface area (Å²) in [7, 11) is 0. The zero-order valence-corrected chi connectivity index (χ0v) is 8.78. The summed E-state index contributed by atoms with van der Waals surface area (Å²) < 4.78 is 0. The van der Waals surface area contributed by atoms with E-state index in [2.05, 4.69) is 0 Å². The Kier molecular flexibility index (Phi) is 4.31. The van der Waals surface area contributed by atoms with Crippen molar-refractivity contribution in [2.45, 2.75) is 12.8 Å². The Morgan fingerprint density at radius 3 is 2.33 bits per heavy atom. The summed E-state index contributed by atoms with van der Waals surface area (Å²) in [6.45, 7) is 0. The van der Waals surface area contributed by atoms with Crippen molar-refractivity contribution in [3.8, 4) is 0 Å². The van der Waals surface area contributed by atoms with Crippen LogP contribution in [0.2, 0.25) is 0 Å². The molecule has 0 aliphatic heterocycles. The number of aliphatic carboxylic acids is 1. The van der Waals surface area contributed by atoms with Gasteiger partial charge in [-0.3, -0.25) is 9.59 Å². The minimum atomic E-state index is -0.993. The predicted molar refractivity (Wildman–Crippen MR) is 56.7 cm³/mol. The van der Waals surface area contributed by atoms with Crippen molar-refractivity contribution in [1.29, 1.82) is 0 Å². The molecule has 0 aromatic heterocycles. The molecule has 0 heterocycles. The van der Waals surface area contributed by atoms with E-state index in [0.29, 0.717) is 6.42 Å². The minimum Gasteiger partial charge on any atom is -0.481 e. The van der Waals surface area contributed by atoms with Gasteiger partial charge in [-0.05, 0) is 23.6 Å². The molecule has 1 aromatic carbocycles. The summed E-state index contributed by atoms with van der Waals surface area (Å²) in [5.74, 6) is -1.73. The Bertz CT molecular complexity index is 348. The molecule has 1 rings (SSSR count). The molecular weight excluding hydrogens is 216 g/mol. The van der Waals surface area contributed by atoms with E-state index in [9.17, 15) is 9.59 Å². The lowest BCUT2D eigenvalue weighted by molar-refractivity contribution is -0.143. The second-order valence-corrected chi connectivity index (χ2v) is 3.71. The molecule has 0 aliphatic rings. The van der Waals surface area contributed by atoms with E-state index in [1.54, 1.807) is 0 Å². The molecule has 0 bridgehead atoms. The molecule has 0 saturated heterocycles. The van der Waals surface area contributed by atoms with Crippen LogP contribution in [-0.4, -0.2) is 16.3 Å². The molecule has 0 aliphatic carbocycles. The molecular formula is C11H11ClO3. The number of carbonyl (C=O) groups excluding carboxylic acids is 1. The van der Waals surface area contributed by atoms with Crippen molar-refractivity contribution in [3.05, 3.63) is 35.9 Å². The van der Waals surface area contributed by atoms with Crippen LogP contribution in [0.3, 0.4) is 0 Å². The normalized spacial score (nSPS) is 12.1. The maximum atomic E-state index is 10.8. The average molecular weight is 227 g/mol. The Morgan fingerprint density at radius 2 is 1.87 bits per heavy atom. The third kappa shape index (κ3) is 4.13. The van der Waals surface area contributed by atoms with Crippen LogP contribution in [0.25, 0.3) is 0 Å². The molecule has 0 saturated carbocycles. The van der Waals surface area contributed by atoms with Gasteiger partial charge in [-0.15, -0.1) is 0 Å². The van der Waals surface area contributed by atoms with Crippen LogP contribution in [0, 0.1) is 5.92 Å². The molecule has 0 amide bonds. The van der Waals surface area contributed by atoms with E-state index < -0.39 is 17.1 Å². The first-order valence-electron chi connectivity index (χ1n) is 4.54. The fourth-order valence-corrected chi connectivity index (χ4v) is 1.53. The largest absolute Gasteiger partial charge is 0.481 e. The summed E-state index contributed by atoms with van der Waals surface area (Å²) in [5, 5.41) is 8.26. The smallest absolute Gasteiger partial charge is 0.307 e. The molecule has 1 aromatic rings. The van der Waals surface area contributed by atoms with Gasteiger partial charge in [-0.2, -0.15) is 0 Å². The number of carbonyl (C=O) groups is 2. The Hall–Kier alpha value is -1.35. The number of halogens is 1. The highest BCUT2D eigenvalue weighted by Gasteiger charge is 2.20. The highest BCUT2D eigenvalue weighted by Crippen LogP contribution is 2.14. The Balaban J connectivity index is 2.67. The van der Waals surface area contributed by atoms with Crippen LogP contribution in [0.5, 0.6) is 0 Å². The van der Waals surface area contributed by atoms with Gasteiger partial charge >= 0.3 is 5.97 Å². The fourth-order valence-electron chi connectivity index (χ4n) is 1.34. The SMILES string of the molecule is O=C(Cl)CC(Cc1ccccc1)C(=O)O. The van der Waals surface area contributed by atoms with Gasteiger partial charge < -0.3 is 5.11 Å². The Morgan fingerprint density at radius 1 is 1.27 bits per heavy atom. The van der Waals surface area contributed by atoms with Crippen LogP contribution < -0.4 is 0 Å². The number of rotatable bonds is 5. The van der Waals surface area contributed by atoms with Crippen molar-refractivity contribution in [2.75, 3.05) is 0 Å². The van der Waals surface area contributed by atoms with Gasteiger partial charge in [0, 0.05) is 6.42 Å². The van der Waals surface area contributed by atoms with Gasteiger partial charge in [0.2, 0.25) is 5.24 Å². The van der Waals surface area contributed by atoms with E-state index >= 15 is 0 Å². The number of benzene rings is 1. The third-order valence-electron chi connectivity index (χ3n) is 2.08. The number of hydrogen-bond donors (Lipinski definition) is 1. The summed E-state index contributed by atoms with van der Waals surface area (Å²) in [4.78, 5) is 21.5. The molecule has 4 heteroatoms. The van der Waals surface area contributed by atoms with Crippen LogP contribution >= 0.6 is 11.6 Å². The number of carboxylic acid groups (broad SMARTS) is 1. The fraction of sp³-hybridized carbons (Fsp3) is 0.273. The van der Waals surface area contributed by atoms with Crippen LogP contribution in [-0.2, 0) is 16.0 Å². The first-order valence-corrected chi connectivity index (χ1v) is 4.92. The van der Waals surface area contributed by atoms with Gasteiger partial charge in [0.15, 0.2) is 0 Å². The monoisotopic (exact) mass is 226 g/mol. The summed E-state index contributed by atoms with van der Waals surface area (Å²) in [5.41, 5.74) is 0.891. The standard InChI is InChI=1S/C11H11ClO3/c12-10(13)7-9(11(14)15)6-8-4-2-1-3-5-8/h1-5,9H,6-7H2,(H,14,15). The van der Waals surface area contributed by atoms with Gasteiger partial charge in [0.1, 0.15) is 0 Å². The van der Waals surface area contributed by atoms with Crippen molar-refractivity contribution in [2.24, 2.45) is 5.92 Å². The van der Waals surface area contributed by atoms with Crippen molar-refractivity contribution >= 4 is 22.8 Å².